The van der Waals surface area contributed by atoms with Crippen LogP contribution in [0.2, 0.25) is 0 Å². The van der Waals surface area contributed by atoms with Crippen LogP contribution in [-0.4, -0.2) is 16.1 Å². The highest BCUT2D eigenvalue weighted by molar-refractivity contribution is 7.12. The molecule has 5 heteroatoms. The van der Waals surface area contributed by atoms with Gasteiger partial charge in [-0.1, -0.05) is 0 Å². The van der Waals surface area contributed by atoms with Crippen LogP contribution < -0.4 is 0 Å². The first-order valence-electron chi connectivity index (χ1n) is 5.03. The Balaban J connectivity index is 1.90. The van der Waals surface area contributed by atoms with Gasteiger partial charge in [0.1, 0.15) is 4.88 Å². The smallest absolute Gasteiger partial charge is 0.346 e. The van der Waals surface area contributed by atoms with E-state index < -0.39 is 5.97 Å². The van der Waals surface area contributed by atoms with E-state index in [1.807, 2.05) is 12.1 Å². The Morgan fingerprint density at radius 1 is 1.29 bits per heavy atom. The molecular formula is C12H11NO3S. The van der Waals surface area contributed by atoms with E-state index in [-0.39, 0.29) is 0 Å². The number of pyridine rings is 1. The van der Waals surface area contributed by atoms with Crippen molar-refractivity contribution in [2.75, 3.05) is 0 Å². The third-order valence-corrected chi connectivity index (χ3v) is 3.16. The molecule has 0 saturated heterocycles. The zero-order valence-corrected chi connectivity index (χ0v) is 9.81. The lowest BCUT2D eigenvalue weighted by molar-refractivity contribution is 0.0690. The molecule has 0 spiro atoms. The minimum absolute atomic E-state index is 0.313. The van der Waals surface area contributed by atoms with Gasteiger partial charge >= 0.3 is 5.97 Å². The lowest BCUT2D eigenvalue weighted by Crippen LogP contribution is -2.00. The number of carboxylic acids is 1. The largest absolute Gasteiger partial charge is 0.477 e. The lowest BCUT2D eigenvalue weighted by Gasteiger charge is -2.03. The standard InChI is InChI=1S/C12H11NO3S/c14-12(15)11-10(3-6-17-11)8-16-7-9-1-4-13-5-2-9/h1-6H,7-8H2,(H,14,15). The minimum atomic E-state index is -0.900. The molecule has 0 unspecified atom stereocenters. The number of carboxylic acid groups (broad SMARTS) is 1. The zero-order valence-electron chi connectivity index (χ0n) is 9.00. The first-order chi connectivity index (χ1) is 8.27. The van der Waals surface area contributed by atoms with Gasteiger partial charge in [-0.2, -0.15) is 0 Å². The molecule has 1 N–H and O–H groups in total. The Labute approximate surface area is 103 Å². The molecule has 0 aliphatic carbocycles. The number of nitrogens with zero attached hydrogens (tertiary/aromatic N) is 1. The van der Waals surface area contributed by atoms with Gasteiger partial charge in [0, 0.05) is 18.0 Å². The van der Waals surface area contributed by atoms with E-state index in [0.29, 0.717) is 18.1 Å². The molecule has 4 nitrogen and oxygen atoms in total. The van der Waals surface area contributed by atoms with Gasteiger partial charge in [-0.05, 0) is 29.1 Å². The molecule has 88 valence electrons. The summed E-state index contributed by atoms with van der Waals surface area (Å²) < 4.78 is 5.47. The summed E-state index contributed by atoms with van der Waals surface area (Å²) >= 11 is 1.21. The van der Waals surface area contributed by atoms with Gasteiger partial charge in [0.2, 0.25) is 0 Å². The second kappa shape index (κ2) is 5.56. The number of thiophene rings is 1. The van der Waals surface area contributed by atoms with Crippen LogP contribution >= 0.6 is 11.3 Å². The normalized spacial score (nSPS) is 10.4. The van der Waals surface area contributed by atoms with Crippen LogP contribution in [0.25, 0.3) is 0 Å². The van der Waals surface area contributed by atoms with Crippen molar-refractivity contribution in [2.24, 2.45) is 0 Å². The van der Waals surface area contributed by atoms with Gasteiger partial charge in [0.25, 0.3) is 0 Å². The second-order valence-electron chi connectivity index (χ2n) is 3.43. The fourth-order valence-corrected chi connectivity index (χ4v) is 2.14. The van der Waals surface area contributed by atoms with Crippen LogP contribution in [0.5, 0.6) is 0 Å². The highest BCUT2D eigenvalue weighted by Crippen LogP contribution is 2.18. The topological polar surface area (TPSA) is 59.4 Å². The molecule has 0 radical (unpaired) electrons. The summed E-state index contributed by atoms with van der Waals surface area (Å²) in [5.74, 6) is -0.900. The second-order valence-corrected chi connectivity index (χ2v) is 4.34. The van der Waals surface area contributed by atoms with Crippen molar-refractivity contribution in [3.05, 3.63) is 52.0 Å². The van der Waals surface area contributed by atoms with Crippen molar-refractivity contribution in [3.63, 3.8) is 0 Å². The van der Waals surface area contributed by atoms with Crippen molar-refractivity contribution < 1.29 is 14.6 Å². The summed E-state index contributed by atoms with van der Waals surface area (Å²) in [5.41, 5.74) is 1.74. The summed E-state index contributed by atoms with van der Waals surface area (Å²) in [6.45, 7) is 0.769. The maximum atomic E-state index is 10.9. The molecule has 2 heterocycles. The quantitative estimate of drug-likeness (QED) is 0.884. The molecule has 2 aromatic heterocycles. The number of rotatable bonds is 5. The van der Waals surface area contributed by atoms with Gasteiger partial charge in [0.05, 0.1) is 13.2 Å². The maximum absolute atomic E-state index is 10.9. The third kappa shape index (κ3) is 3.12. The Morgan fingerprint density at radius 3 is 2.76 bits per heavy atom. The molecule has 0 atom stereocenters. The van der Waals surface area contributed by atoms with E-state index in [2.05, 4.69) is 4.98 Å². The van der Waals surface area contributed by atoms with E-state index >= 15 is 0 Å². The molecule has 0 amide bonds. The molecule has 0 fully saturated rings. The van der Waals surface area contributed by atoms with Gasteiger partial charge < -0.3 is 9.84 Å². The number of hydrogen-bond donors (Lipinski definition) is 1. The van der Waals surface area contributed by atoms with Crippen molar-refractivity contribution in [3.8, 4) is 0 Å². The highest BCUT2D eigenvalue weighted by Gasteiger charge is 2.11. The molecule has 0 aliphatic heterocycles. The fraction of sp³-hybridized carbons (Fsp3) is 0.167. The van der Waals surface area contributed by atoms with Gasteiger partial charge in [-0.15, -0.1) is 11.3 Å². The number of carbonyl (C=O) groups is 1. The van der Waals surface area contributed by atoms with E-state index in [0.717, 1.165) is 11.1 Å². The summed E-state index contributed by atoms with van der Waals surface area (Å²) in [5, 5.41) is 10.7. The number of ether oxygens (including phenoxy) is 1. The van der Waals surface area contributed by atoms with Crippen LogP contribution in [0.1, 0.15) is 20.8 Å². The molecule has 0 saturated carbocycles. The first kappa shape index (κ1) is 11.8. The van der Waals surface area contributed by atoms with E-state index in [1.54, 1.807) is 23.8 Å². The predicted molar refractivity (Wildman–Crippen MR) is 64.0 cm³/mol. The van der Waals surface area contributed by atoms with Crippen LogP contribution in [0.3, 0.4) is 0 Å². The van der Waals surface area contributed by atoms with Crippen LogP contribution in [0, 0.1) is 0 Å². The SMILES string of the molecule is O=C(O)c1sccc1COCc1ccncc1. The minimum Gasteiger partial charge on any atom is -0.477 e. The fourth-order valence-electron chi connectivity index (χ4n) is 1.39. The molecule has 17 heavy (non-hydrogen) atoms. The zero-order chi connectivity index (χ0) is 12.1. The summed E-state index contributed by atoms with van der Waals surface area (Å²) in [4.78, 5) is 15.1. The summed E-state index contributed by atoms with van der Waals surface area (Å²) in [6.07, 6.45) is 3.40. The van der Waals surface area contributed by atoms with Crippen LogP contribution in [0.4, 0.5) is 0 Å². The molecular weight excluding hydrogens is 238 g/mol. The Morgan fingerprint density at radius 2 is 2.06 bits per heavy atom. The summed E-state index contributed by atoms with van der Waals surface area (Å²) in [6, 6.07) is 5.51. The Kier molecular flexibility index (Phi) is 3.85. The number of aromatic carboxylic acids is 1. The van der Waals surface area contributed by atoms with E-state index in [4.69, 9.17) is 9.84 Å². The highest BCUT2D eigenvalue weighted by atomic mass is 32.1. The van der Waals surface area contributed by atoms with Crippen molar-refractivity contribution in [1.82, 2.24) is 4.98 Å². The molecule has 0 aromatic carbocycles. The van der Waals surface area contributed by atoms with Crippen molar-refractivity contribution in [1.29, 1.82) is 0 Å². The molecule has 2 aromatic rings. The third-order valence-electron chi connectivity index (χ3n) is 2.22. The average molecular weight is 249 g/mol. The molecule has 0 bridgehead atoms. The Hall–Kier alpha value is -1.72. The number of hydrogen-bond acceptors (Lipinski definition) is 4. The van der Waals surface area contributed by atoms with Gasteiger partial charge in [-0.3, -0.25) is 4.98 Å². The molecule has 2 rings (SSSR count). The van der Waals surface area contributed by atoms with Crippen molar-refractivity contribution in [2.45, 2.75) is 13.2 Å². The van der Waals surface area contributed by atoms with Gasteiger partial charge in [0.15, 0.2) is 0 Å². The molecule has 0 aliphatic rings. The monoisotopic (exact) mass is 249 g/mol. The first-order valence-corrected chi connectivity index (χ1v) is 5.91. The lowest BCUT2D eigenvalue weighted by atomic mass is 10.2. The average Bonchev–Trinajstić information content (AvgIpc) is 2.79. The number of aromatic nitrogens is 1. The predicted octanol–water partition coefficient (Wildman–Crippen LogP) is 2.56. The van der Waals surface area contributed by atoms with Gasteiger partial charge in [-0.25, -0.2) is 4.79 Å². The van der Waals surface area contributed by atoms with Crippen LogP contribution in [0.15, 0.2) is 36.0 Å². The van der Waals surface area contributed by atoms with Crippen molar-refractivity contribution >= 4 is 17.3 Å². The van der Waals surface area contributed by atoms with E-state index in [1.165, 1.54) is 11.3 Å². The Bertz CT molecular complexity index is 495. The summed E-state index contributed by atoms with van der Waals surface area (Å²) in [7, 11) is 0. The maximum Gasteiger partial charge on any atom is 0.346 e. The van der Waals surface area contributed by atoms with E-state index in [9.17, 15) is 4.79 Å². The van der Waals surface area contributed by atoms with Crippen LogP contribution in [-0.2, 0) is 18.0 Å².